The van der Waals surface area contributed by atoms with E-state index in [0.29, 0.717) is 5.75 Å². The molecule has 54 valence electrons. The third-order valence-corrected chi connectivity index (χ3v) is 2.01. The number of rotatable bonds is 4. The summed E-state index contributed by atoms with van der Waals surface area (Å²) in [6.45, 7) is 1.82. The van der Waals surface area contributed by atoms with Gasteiger partial charge in [0.05, 0.1) is 11.9 Å². The minimum Gasteiger partial charge on any atom is -0.396 e. The Morgan fingerprint density at radius 2 is 2.44 bits per heavy atom. The molecule has 0 fully saturated rings. The van der Waals surface area contributed by atoms with Crippen LogP contribution in [0, 0.1) is 0 Å². The van der Waals surface area contributed by atoms with Gasteiger partial charge in [0, 0.05) is 5.75 Å². The summed E-state index contributed by atoms with van der Waals surface area (Å²) in [4.78, 5) is 10.3. The highest BCUT2D eigenvalue weighted by Crippen LogP contribution is 2.07. The molecule has 0 aliphatic carbocycles. The van der Waals surface area contributed by atoms with Gasteiger partial charge in [-0.05, 0) is 6.92 Å². The van der Waals surface area contributed by atoms with Gasteiger partial charge in [0.15, 0.2) is 0 Å². The monoisotopic (exact) mass is 149 g/mol. The maximum absolute atomic E-state index is 10.3. The summed E-state index contributed by atoms with van der Waals surface area (Å²) in [5.74, 6) is 0.248. The number of amides is 1. The van der Waals surface area contributed by atoms with Crippen molar-refractivity contribution in [2.24, 2.45) is 5.73 Å². The molecule has 0 bridgehead atoms. The summed E-state index contributed by atoms with van der Waals surface area (Å²) < 4.78 is 0. The molecule has 0 spiro atoms. The first-order valence-corrected chi connectivity index (χ1v) is 3.75. The Labute approximate surface area is 58.6 Å². The first-order chi connectivity index (χ1) is 4.18. The number of nitrogens with two attached hydrogens (primary N) is 1. The van der Waals surface area contributed by atoms with Crippen molar-refractivity contribution in [1.29, 1.82) is 0 Å². The van der Waals surface area contributed by atoms with E-state index in [9.17, 15) is 4.79 Å². The van der Waals surface area contributed by atoms with Crippen molar-refractivity contribution < 1.29 is 9.90 Å². The average Bonchev–Trinajstić information content (AvgIpc) is 1.82. The largest absolute Gasteiger partial charge is 0.396 e. The zero-order chi connectivity index (χ0) is 7.28. The molecule has 1 unspecified atom stereocenters. The van der Waals surface area contributed by atoms with Gasteiger partial charge in [0.1, 0.15) is 0 Å². The maximum Gasteiger partial charge on any atom is 0.230 e. The first kappa shape index (κ1) is 8.78. The molecule has 0 aromatic rings. The second-order valence-corrected chi connectivity index (χ2v) is 3.09. The van der Waals surface area contributed by atoms with Gasteiger partial charge in [0.2, 0.25) is 5.91 Å². The average molecular weight is 149 g/mol. The fourth-order valence-electron chi connectivity index (χ4n) is 0.312. The van der Waals surface area contributed by atoms with Crippen molar-refractivity contribution in [3.05, 3.63) is 0 Å². The van der Waals surface area contributed by atoms with Crippen molar-refractivity contribution in [2.45, 2.75) is 12.2 Å². The molecule has 0 aliphatic rings. The molecular formula is C5H11NO2S. The molecule has 0 rings (SSSR count). The normalized spacial score (nSPS) is 13.1. The van der Waals surface area contributed by atoms with Crippen LogP contribution in [0.3, 0.4) is 0 Å². The molecule has 3 nitrogen and oxygen atoms in total. The van der Waals surface area contributed by atoms with Crippen LogP contribution < -0.4 is 5.73 Å². The Hall–Kier alpha value is -0.220. The minimum absolute atomic E-state index is 0.0995. The summed E-state index contributed by atoms with van der Waals surface area (Å²) in [6, 6.07) is 0. The van der Waals surface area contributed by atoms with Crippen LogP contribution in [0.15, 0.2) is 0 Å². The molecule has 3 N–H and O–H groups in total. The van der Waals surface area contributed by atoms with Crippen molar-refractivity contribution >= 4 is 17.7 Å². The highest BCUT2D eigenvalue weighted by atomic mass is 32.2. The molecule has 9 heavy (non-hydrogen) atoms. The molecule has 4 heteroatoms. The molecule has 0 aromatic heterocycles. The van der Waals surface area contributed by atoms with Crippen LogP contribution in [0.5, 0.6) is 0 Å². The Morgan fingerprint density at radius 1 is 1.89 bits per heavy atom. The summed E-state index contributed by atoms with van der Waals surface area (Å²) in [7, 11) is 0. The van der Waals surface area contributed by atoms with E-state index < -0.39 is 0 Å². The van der Waals surface area contributed by atoms with E-state index >= 15 is 0 Å². The summed E-state index contributed by atoms with van der Waals surface area (Å²) >= 11 is 1.36. The third kappa shape index (κ3) is 4.29. The zero-order valence-corrected chi connectivity index (χ0v) is 6.15. The highest BCUT2D eigenvalue weighted by molar-refractivity contribution is 8.00. The lowest BCUT2D eigenvalue weighted by molar-refractivity contribution is -0.117. The van der Waals surface area contributed by atoms with Crippen LogP contribution in [0.1, 0.15) is 6.92 Å². The molecule has 0 aromatic carbocycles. The van der Waals surface area contributed by atoms with Crippen LogP contribution in [0.2, 0.25) is 0 Å². The SMILES string of the molecule is CC(SCCO)C(N)=O. The van der Waals surface area contributed by atoms with Gasteiger partial charge >= 0.3 is 0 Å². The molecular weight excluding hydrogens is 138 g/mol. The number of aliphatic hydroxyl groups excluding tert-OH is 1. The Balaban J connectivity index is 3.27. The molecule has 1 amide bonds. The van der Waals surface area contributed by atoms with E-state index in [4.69, 9.17) is 10.8 Å². The van der Waals surface area contributed by atoms with E-state index in [0.717, 1.165) is 0 Å². The number of carbonyl (C=O) groups excluding carboxylic acids is 1. The molecule has 0 aliphatic heterocycles. The molecule has 0 saturated heterocycles. The second-order valence-electron chi connectivity index (χ2n) is 1.64. The first-order valence-electron chi connectivity index (χ1n) is 2.70. The van der Waals surface area contributed by atoms with E-state index in [2.05, 4.69) is 0 Å². The molecule has 1 atom stereocenters. The lowest BCUT2D eigenvalue weighted by atomic mass is 10.5. The van der Waals surface area contributed by atoms with Gasteiger partial charge in [-0.3, -0.25) is 4.79 Å². The Morgan fingerprint density at radius 3 is 2.78 bits per heavy atom. The van der Waals surface area contributed by atoms with Crippen LogP contribution in [-0.4, -0.2) is 28.6 Å². The zero-order valence-electron chi connectivity index (χ0n) is 5.33. The molecule has 0 heterocycles. The summed E-state index contributed by atoms with van der Waals surface area (Å²) in [5, 5.41) is 8.14. The third-order valence-electron chi connectivity index (χ3n) is 0.860. The fraction of sp³-hybridized carbons (Fsp3) is 0.800. The predicted molar refractivity (Wildman–Crippen MR) is 38.2 cm³/mol. The van der Waals surface area contributed by atoms with Crippen molar-refractivity contribution in [2.75, 3.05) is 12.4 Å². The van der Waals surface area contributed by atoms with Crippen LogP contribution in [0.4, 0.5) is 0 Å². The number of carbonyl (C=O) groups is 1. The standard InChI is InChI=1S/C5H11NO2S/c1-4(5(6)8)9-3-2-7/h4,7H,2-3H2,1H3,(H2,6,8). The molecule has 0 saturated carbocycles. The second kappa shape index (κ2) is 4.64. The van der Waals surface area contributed by atoms with Gasteiger partial charge in [-0.1, -0.05) is 0 Å². The lowest BCUT2D eigenvalue weighted by Gasteiger charge is -2.03. The lowest BCUT2D eigenvalue weighted by Crippen LogP contribution is -2.23. The number of primary amides is 1. The smallest absolute Gasteiger partial charge is 0.230 e. The van der Waals surface area contributed by atoms with Gasteiger partial charge in [-0.15, -0.1) is 11.8 Å². The topological polar surface area (TPSA) is 63.3 Å². The van der Waals surface area contributed by atoms with Gasteiger partial charge < -0.3 is 10.8 Å². The van der Waals surface area contributed by atoms with Crippen LogP contribution in [-0.2, 0) is 4.79 Å². The van der Waals surface area contributed by atoms with Gasteiger partial charge in [-0.2, -0.15) is 0 Å². The molecule has 0 radical (unpaired) electrons. The maximum atomic E-state index is 10.3. The van der Waals surface area contributed by atoms with Crippen molar-refractivity contribution in [1.82, 2.24) is 0 Å². The van der Waals surface area contributed by atoms with E-state index in [-0.39, 0.29) is 17.8 Å². The van der Waals surface area contributed by atoms with E-state index in [1.807, 2.05) is 0 Å². The van der Waals surface area contributed by atoms with Crippen molar-refractivity contribution in [3.8, 4) is 0 Å². The van der Waals surface area contributed by atoms with Crippen LogP contribution >= 0.6 is 11.8 Å². The number of thioether (sulfide) groups is 1. The van der Waals surface area contributed by atoms with Crippen LogP contribution in [0.25, 0.3) is 0 Å². The van der Waals surface area contributed by atoms with E-state index in [1.165, 1.54) is 11.8 Å². The predicted octanol–water partition coefficient (Wildman–Crippen LogP) is -0.414. The van der Waals surface area contributed by atoms with E-state index in [1.54, 1.807) is 6.92 Å². The minimum atomic E-state index is -0.326. The Kier molecular flexibility index (Phi) is 4.53. The van der Waals surface area contributed by atoms with Gasteiger partial charge in [0.25, 0.3) is 0 Å². The van der Waals surface area contributed by atoms with Crippen molar-refractivity contribution in [3.63, 3.8) is 0 Å². The quantitative estimate of drug-likeness (QED) is 0.571. The Bertz CT molecular complexity index is 97.0. The fourth-order valence-corrected chi connectivity index (χ4v) is 0.935. The summed E-state index contributed by atoms with van der Waals surface area (Å²) in [5.41, 5.74) is 4.94. The van der Waals surface area contributed by atoms with Gasteiger partial charge in [-0.25, -0.2) is 0 Å². The number of hydrogen-bond donors (Lipinski definition) is 2. The number of aliphatic hydroxyl groups is 1. The number of hydrogen-bond acceptors (Lipinski definition) is 3. The highest BCUT2D eigenvalue weighted by Gasteiger charge is 2.06. The summed E-state index contributed by atoms with van der Waals surface area (Å²) in [6.07, 6.45) is 0.